The number of esters is 1. The maximum absolute atomic E-state index is 13.9. The Kier molecular flexibility index (Phi) is 3.57. The molecule has 3 fully saturated rings. The first-order valence-corrected chi connectivity index (χ1v) is 8.90. The molecule has 4 rings (SSSR count). The molecular weight excluding hydrogens is 326 g/mol. The van der Waals surface area contributed by atoms with Crippen LogP contribution < -0.4 is 0 Å². The molecule has 0 radical (unpaired) electrons. The Balaban J connectivity index is 1.90. The van der Waals surface area contributed by atoms with Crippen molar-refractivity contribution in [1.29, 1.82) is 0 Å². The summed E-state index contributed by atoms with van der Waals surface area (Å²) in [5.74, 6) is -0.627. The summed E-state index contributed by atoms with van der Waals surface area (Å²) in [7, 11) is 0. The zero-order valence-corrected chi connectivity index (χ0v) is 14.5. The number of carbonyl (C=O) groups excluding carboxylic acids is 2. The SMILES string of the molecule is C[C@]12CCC(=O)C=C1C(=C/F)/C(=C/F)[C@@H]1[C@@H]2CC[C@]2(C)C(=O)OC[C@@H]12. The van der Waals surface area contributed by atoms with Crippen molar-refractivity contribution in [3.63, 3.8) is 0 Å². The van der Waals surface area contributed by atoms with Gasteiger partial charge >= 0.3 is 5.97 Å². The standard InChI is InChI=1S/C20H22F2O3/c1-19-5-3-11(23)7-15(19)12(8-21)13(9-22)17-14(19)4-6-20(2)16(17)10-25-18(20)24/h7-9,14,16-17H,3-6,10H2,1-2H3/b12-8+,13-9-/t14-,16-,17+,19+,20-/m0/s1. The highest BCUT2D eigenvalue weighted by Gasteiger charge is 2.62. The zero-order valence-electron chi connectivity index (χ0n) is 14.5. The first-order chi connectivity index (χ1) is 11.9. The van der Waals surface area contributed by atoms with Crippen LogP contribution in [0.1, 0.15) is 39.5 Å². The normalized spacial score (nSPS) is 46.4. The first-order valence-electron chi connectivity index (χ1n) is 8.90. The van der Waals surface area contributed by atoms with Crippen molar-refractivity contribution in [3.05, 3.63) is 35.5 Å². The van der Waals surface area contributed by atoms with E-state index in [0.717, 1.165) is 6.42 Å². The van der Waals surface area contributed by atoms with Crippen LogP contribution in [-0.4, -0.2) is 18.4 Å². The van der Waals surface area contributed by atoms with Crippen LogP contribution in [0.5, 0.6) is 0 Å². The van der Waals surface area contributed by atoms with Crippen LogP contribution in [0.3, 0.4) is 0 Å². The van der Waals surface area contributed by atoms with Crippen molar-refractivity contribution in [2.45, 2.75) is 39.5 Å². The molecule has 1 heterocycles. The molecule has 1 aliphatic heterocycles. The monoisotopic (exact) mass is 348 g/mol. The molecule has 4 aliphatic rings. The smallest absolute Gasteiger partial charge is 0.312 e. The predicted octanol–water partition coefficient (Wildman–Crippen LogP) is 4.21. The quantitative estimate of drug-likeness (QED) is 0.616. The van der Waals surface area contributed by atoms with E-state index in [1.54, 1.807) is 0 Å². The second-order valence-electron chi connectivity index (χ2n) is 8.32. The highest BCUT2D eigenvalue weighted by Crippen LogP contribution is 2.65. The van der Waals surface area contributed by atoms with Gasteiger partial charge in [0, 0.05) is 17.9 Å². The zero-order chi connectivity index (χ0) is 18.0. The van der Waals surface area contributed by atoms with Gasteiger partial charge in [-0.15, -0.1) is 0 Å². The van der Waals surface area contributed by atoms with Crippen LogP contribution in [0.25, 0.3) is 0 Å². The van der Waals surface area contributed by atoms with Gasteiger partial charge in [0.15, 0.2) is 5.78 Å². The number of allylic oxidation sites excluding steroid dienone is 4. The number of hydrogen-bond acceptors (Lipinski definition) is 3. The number of halogens is 2. The molecule has 0 aromatic heterocycles. The maximum Gasteiger partial charge on any atom is 0.312 e. The van der Waals surface area contributed by atoms with E-state index in [9.17, 15) is 18.4 Å². The van der Waals surface area contributed by atoms with E-state index in [0.29, 0.717) is 37.5 Å². The molecule has 5 atom stereocenters. The van der Waals surface area contributed by atoms with Gasteiger partial charge in [-0.3, -0.25) is 9.59 Å². The molecule has 1 saturated heterocycles. The molecule has 134 valence electrons. The van der Waals surface area contributed by atoms with E-state index < -0.39 is 5.41 Å². The van der Waals surface area contributed by atoms with E-state index in [1.165, 1.54) is 6.08 Å². The molecule has 0 unspecified atom stereocenters. The number of ether oxygens (including phenoxy) is 1. The summed E-state index contributed by atoms with van der Waals surface area (Å²) in [6, 6.07) is 0. The van der Waals surface area contributed by atoms with Gasteiger partial charge in [-0.2, -0.15) is 0 Å². The van der Waals surface area contributed by atoms with Gasteiger partial charge in [-0.05, 0) is 60.7 Å². The number of rotatable bonds is 0. The van der Waals surface area contributed by atoms with E-state index >= 15 is 0 Å². The summed E-state index contributed by atoms with van der Waals surface area (Å²) in [6.45, 7) is 4.19. The Bertz CT molecular complexity index is 750. The Hall–Kier alpha value is -1.78. The molecule has 0 aromatic carbocycles. The number of carbonyl (C=O) groups is 2. The fraction of sp³-hybridized carbons (Fsp3) is 0.600. The third-order valence-corrected chi connectivity index (χ3v) is 7.34. The maximum atomic E-state index is 13.9. The molecule has 5 heteroatoms. The minimum absolute atomic E-state index is 0.0384. The van der Waals surface area contributed by atoms with Crippen LogP contribution in [0.2, 0.25) is 0 Å². The summed E-state index contributed by atoms with van der Waals surface area (Å²) < 4.78 is 33.1. The average molecular weight is 348 g/mol. The third kappa shape index (κ3) is 2.01. The molecule has 3 nitrogen and oxygen atoms in total. The van der Waals surface area contributed by atoms with E-state index in [2.05, 4.69) is 6.92 Å². The molecular formula is C20H22F2O3. The molecule has 0 aromatic rings. The summed E-state index contributed by atoms with van der Waals surface area (Å²) in [4.78, 5) is 24.2. The molecule has 3 aliphatic carbocycles. The van der Waals surface area contributed by atoms with E-state index in [1.807, 2.05) is 6.92 Å². The van der Waals surface area contributed by atoms with Crippen molar-refractivity contribution in [2.75, 3.05) is 6.61 Å². The minimum atomic E-state index is -0.640. The molecule has 0 amide bonds. The van der Waals surface area contributed by atoms with Crippen molar-refractivity contribution < 1.29 is 23.1 Å². The Labute approximate surface area is 145 Å². The second-order valence-corrected chi connectivity index (χ2v) is 8.32. The van der Waals surface area contributed by atoms with Crippen LogP contribution in [0.4, 0.5) is 8.78 Å². The Morgan fingerprint density at radius 3 is 2.56 bits per heavy atom. The number of ketones is 1. The summed E-state index contributed by atoms with van der Waals surface area (Å²) in [5, 5.41) is 0. The fourth-order valence-corrected chi connectivity index (χ4v) is 5.79. The lowest BCUT2D eigenvalue weighted by Gasteiger charge is -2.56. The van der Waals surface area contributed by atoms with E-state index in [4.69, 9.17) is 4.74 Å². The van der Waals surface area contributed by atoms with Crippen molar-refractivity contribution in [3.8, 4) is 0 Å². The summed E-state index contributed by atoms with van der Waals surface area (Å²) in [6.07, 6.45) is 4.88. The van der Waals surface area contributed by atoms with Gasteiger partial charge in [-0.25, -0.2) is 8.78 Å². The summed E-state index contributed by atoms with van der Waals surface area (Å²) in [5.41, 5.74) is 0.0582. The van der Waals surface area contributed by atoms with Crippen LogP contribution in [0, 0.1) is 28.6 Å². The van der Waals surface area contributed by atoms with Gasteiger partial charge in [0.25, 0.3) is 0 Å². The first kappa shape index (κ1) is 16.7. The highest BCUT2D eigenvalue weighted by molar-refractivity contribution is 5.93. The van der Waals surface area contributed by atoms with Gasteiger partial charge < -0.3 is 4.74 Å². The molecule has 0 spiro atoms. The van der Waals surface area contributed by atoms with E-state index in [-0.39, 0.29) is 52.7 Å². The number of hydrogen-bond donors (Lipinski definition) is 0. The van der Waals surface area contributed by atoms with Crippen LogP contribution >= 0.6 is 0 Å². The molecule has 0 N–H and O–H groups in total. The van der Waals surface area contributed by atoms with Crippen LogP contribution in [0.15, 0.2) is 35.5 Å². The largest absolute Gasteiger partial charge is 0.465 e. The topological polar surface area (TPSA) is 43.4 Å². The van der Waals surface area contributed by atoms with Crippen LogP contribution in [-0.2, 0) is 14.3 Å². The van der Waals surface area contributed by atoms with Crippen molar-refractivity contribution in [1.82, 2.24) is 0 Å². The molecule has 0 bridgehead atoms. The van der Waals surface area contributed by atoms with Gasteiger partial charge in [-0.1, -0.05) is 6.92 Å². The average Bonchev–Trinajstić information content (AvgIpc) is 2.90. The van der Waals surface area contributed by atoms with Gasteiger partial charge in [0.1, 0.15) is 0 Å². The lowest BCUT2D eigenvalue weighted by atomic mass is 9.45. The summed E-state index contributed by atoms with van der Waals surface area (Å²) >= 11 is 0. The van der Waals surface area contributed by atoms with Gasteiger partial charge in [0.2, 0.25) is 0 Å². The second kappa shape index (κ2) is 5.36. The highest BCUT2D eigenvalue weighted by atomic mass is 19.1. The third-order valence-electron chi connectivity index (χ3n) is 7.34. The van der Waals surface area contributed by atoms with Crippen molar-refractivity contribution in [2.24, 2.45) is 28.6 Å². The number of cyclic esters (lactones) is 1. The Morgan fingerprint density at radius 2 is 1.88 bits per heavy atom. The Morgan fingerprint density at radius 1 is 1.12 bits per heavy atom. The molecule has 2 saturated carbocycles. The lowest BCUT2D eigenvalue weighted by Crippen LogP contribution is -2.52. The predicted molar refractivity (Wildman–Crippen MR) is 87.6 cm³/mol. The van der Waals surface area contributed by atoms with Crippen molar-refractivity contribution >= 4 is 11.8 Å². The minimum Gasteiger partial charge on any atom is -0.465 e. The van der Waals surface area contributed by atoms with Gasteiger partial charge in [0.05, 0.1) is 24.7 Å². The lowest BCUT2D eigenvalue weighted by molar-refractivity contribution is -0.147. The molecule has 25 heavy (non-hydrogen) atoms. The fourth-order valence-electron chi connectivity index (χ4n) is 5.79. The number of fused-ring (bicyclic) bond motifs is 5.